The lowest BCUT2D eigenvalue weighted by molar-refractivity contribution is -0.140. The van der Waals surface area contributed by atoms with Gasteiger partial charge in [-0.3, -0.25) is 19.3 Å². The molecule has 1 atom stereocenters. The van der Waals surface area contributed by atoms with Crippen molar-refractivity contribution in [1.82, 2.24) is 10.2 Å². The van der Waals surface area contributed by atoms with E-state index >= 15 is 0 Å². The Kier molecular flexibility index (Phi) is 1.83. The lowest BCUT2D eigenvalue weighted by Gasteiger charge is -2.30. The first kappa shape index (κ1) is 9.18. The Morgan fingerprint density at radius 1 is 1.36 bits per heavy atom. The number of imide groups is 1. The van der Waals surface area contributed by atoms with E-state index in [-0.39, 0.29) is 24.1 Å². The molecule has 2 saturated heterocycles. The molecule has 0 aromatic heterocycles. The van der Waals surface area contributed by atoms with Crippen LogP contribution in [-0.2, 0) is 14.4 Å². The second-order valence-corrected chi connectivity index (χ2v) is 3.99. The van der Waals surface area contributed by atoms with Crippen LogP contribution in [0.5, 0.6) is 0 Å². The summed E-state index contributed by atoms with van der Waals surface area (Å²) in [7, 11) is 1.50. The molecule has 3 amide bonds. The van der Waals surface area contributed by atoms with Crippen molar-refractivity contribution in [1.29, 1.82) is 0 Å². The molecule has 0 bridgehead atoms. The van der Waals surface area contributed by atoms with Crippen molar-refractivity contribution in [3.05, 3.63) is 0 Å². The maximum Gasteiger partial charge on any atom is 0.237 e. The average molecular weight is 196 g/mol. The number of hydrogen-bond acceptors (Lipinski definition) is 3. The van der Waals surface area contributed by atoms with Gasteiger partial charge in [-0.05, 0) is 6.42 Å². The van der Waals surface area contributed by atoms with E-state index in [1.807, 2.05) is 0 Å². The fourth-order valence-corrected chi connectivity index (χ4v) is 2.08. The van der Waals surface area contributed by atoms with Gasteiger partial charge in [-0.1, -0.05) is 0 Å². The number of carbonyl (C=O) groups excluding carboxylic acids is 3. The first-order valence-electron chi connectivity index (χ1n) is 4.63. The summed E-state index contributed by atoms with van der Waals surface area (Å²) in [6.07, 6.45) is 1.07. The molecule has 0 radical (unpaired) electrons. The van der Waals surface area contributed by atoms with E-state index < -0.39 is 5.41 Å². The van der Waals surface area contributed by atoms with E-state index in [0.717, 1.165) is 4.90 Å². The minimum Gasteiger partial charge on any atom is -0.355 e. The molecule has 2 heterocycles. The highest BCUT2D eigenvalue weighted by Gasteiger charge is 2.51. The Labute approximate surface area is 81.4 Å². The zero-order chi connectivity index (χ0) is 10.3. The second-order valence-electron chi connectivity index (χ2n) is 3.99. The van der Waals surface area contributed by atoms with E-state index in [9.17, 15) is 14.4 Å². The highest BCUT2D eigenvalue weighted by molar-refractivity contribution is 6.06. The van der Waals surface area contributed by atoms with Gasteiger partial charge in [0, 0.05) is 26.4 Å². The number of piperidine rings is 1. The summed E-state index contributed by atoms with van der Waals surface area (Å²) in [5, 5.41) is 2.65. The third-order valence-corrected chi connectivity index (χ3v) is 3.08. The third-order valence-electron chi connectivity index (χ3n) is 3.08. The van der Waals surface area contributed by atoms with Gasteiger partial charge in [0.1, 0.15) is 0 Å². The van der Waals surface area contributed by atoms with Gasteiger partial charge in [-0.25, -0.2) is 0 Å². The highest BCUT2D eigenvalue weighted by atomic mass is 16.2. The zero-order valence-corrected chi connectivity index (χ0v) is 8.00. The number of likely N-dealkylation sites (tertiary alicyclic amines) is 1. The highest BCUT2D eigenvalue weighted by Crippen LogP contribution is 2.37. The van der Waals surface area contributed by atoms with Gasteiger partial charge in [0.15, 0.2) is 0 Å². The molecule has 14 heavy (non-hydrogen) atoms. The quantitative estimate of drug-likeness (QED) is 0.519. The number of nitrogens with zero attached hydrogens (tertiary/aromatic N) is 1. The lowest BCUT2D eigenvalue weighted by Crippen LogP contribution is -2.47. The van der Waals surface area contributed by atoms with Crippen molar-refractivity contribution < 1.29 is 14.4 Å². The van der Waals surface area contributed by atoms with Gasteiger partial charge in [-0.2, -0.15) is 0 Å². The van der Waals surface area contributed by atoms with E-state index in [0.29, 0.717) is 19.4 Å². The molecule has 0 aliphatic carbocycles. The summed E-state index contributed by atoms with van der Waals surface area (Å²) in [6, 6.07) is 0. The van der Waals surface area contributed by atoms with Crippen molar-refractivity contribution in [3.63, 3.8) is 0 Å². The molecule has 0 aromatic carbocycles. The van der Waals surface area contributed by atoms with Crippen LogP contribution in [0.15, 0.2) is 0 Å². The largest absolute Gasteiger partial charge is 0.355 e. The average Bonchev–Trinajstić information content (AvgIpc) is 2.37. The molecular formula is C9H12N2O3. The molecule has 2 aliphatic heterocycles. The fraction of sp³-hybridized carbons (Fsp3) is 0.667. The van der Waals surface area contributed by atoms with Crippen LogP contribution < -0.4 is 5.32 Å². The number of hydrogen-bond donors (Lipinski definition) is 1. The van der Waals surface area contributed by atoms with Crippen LogP contribution in [-0.4, -0.2) is 36.2 Å². The second kappa shape index (κ2) is 2.80. The SMILES string of the molecule is CN1C(=O)CC2(CCC(=O)NC2)C1=O. The number of rotatable bonds is 0. The molecule has 1 N–H and O–H groups in total. The molecule has 1 unspecified atom stereocenters. The normalized spacial score (nSPS) is 32.6. The first-order valence-corrected chi connectivity index (χ1v) is 4.63. The summed E-state index contributed by atoms with van der Waals surface area (Å²) >= 11 is 0. The number of nitrogens with one attached hydrogen (secondary N) is 1. The predicted octanol–water partition coefficient (Wildman–Crippen LogP) is -0.728. The third kappa shape index (κ3) is 1.12. The van der Waals surface area contributed by atoms with E-state index in [1.54, 1.807) is 0 Å². The molecule has 1 spiro atoms. The Balaban J connectivity index is 2.22. The maximum absolute atomic E-state index is 11.8. The molecule has 76 valence electrons. The van der Waals surface area contributed by atoms with Crippen molar-refractivity contribution >= 4 is 17.7 Å². The Morgan fingerprint density at radius 2 is 2.07 bits per heavy atom. The Hall–Kier alpha value is -1.39. The van der Waals surface area contributed by atoms with Crippen LogP contribution in [0.1, 0.15) is 19.3 Å². The lowest BCUT2D eigenvalue weighted by atomic mass is 9.79. The minimum absolute atomic E-state index is 0.0366. The van der Waals surface area contributed by atoms with E-state index in [4.69, 9.17) is 0 Å². The zero-order valence-electron chi connectivity index (χ0n) is 8.00. The van der Waals surface area contributed by atoms with Crippen molar-refractivity contribution in [2.75, 3.05) is 13.6 Å². The smallest absolute Gasteiger partial charge is 0.237 e. The van der Waals surface area contributed by atoms with Crippen LogP contribution in [0.25, 0.3) is 0 Å². The van der Waals surface area contributed by atoms with Crippen molar-refractivity contribution in [2.24, 2.45) is 5.41 Å². The predicted molar refractivity (Wildman–Crippen MR) is 47.1 cm³/mol. The Morgan fingerprint density at radius 3 is 2.50 bits per heavy atom. The van der Waals surface area contributed by atoms with Crippen molar-refractivity contribution in [2.45, 2.75) is 19.3 Å². The van der Waals surface area contributed by atoms with E-state index in [1.165, 1.54) is 7.05 Å². The van der Waals surface area contributed by atoms with Crippen LogP contribution in [0, 0.1) is 5.41 Å². The maximum atomic E-state index is 11.8. The summed E-state index contributed by atoms with van der Waals surface area (Å²) < 4.78 is 0. The molecule has 5 heteroatoms. The molecule has 0 aromatic rings. The first-order chi connectivity index (χ1) is 6.55. The van der Waals surface area contributed by atoms with Crippen LogP contribution in [0.4, 0.5) is 0 Å². The molecule has 5 nitrogen and oxygen atoms in total. The monoisotopic (exact) mass is 196 g/mol. The van der Waals surface area contributed by atoms with Gasteiger partial charge >= 0.3 is 0 Å². The summed E-state index contributed by atoms with van der Waals surface area (Å²) in [5.74, 6) is -0.334. The minimum atomic E-state index is -0.639. The van der Waals surface area contributed by atoms with Crippen molar-refractivity contribution in [3.8, 4) is 0 Å². The van der Waals surface area contributed by atoms with Gasteiger partial charge in [0.2, 0.25) is 17.7 Å². The van der Waals surface area contributed by atoms with Crippen LogP contribution in [0.3, 0.4) is 0 Å². The van der Waals surface area contributed by atoms with Crippen LogP contribution >= 0.6 is 0 Å². The molecule has 2 rings (SSSR count). The van der Waals surface area contributed by atoms with Gasteiger partial charge < -0.3 is 5.32 Å². The molecule has 2 aliphatic rings. The van der Waals surface area contributed by atoms with Gasteiger partial charge in [0.05, 0.1) is 5.41 Å². The molecular weight excluding hydrogens is 184 g/mol. The van der Waals surface area contributed by atoms with Gasteiger partial charge in [0.25, 0.3) is 0 Å². The Bertz CT molecular complexity index is 314. The van der Waals surface area contributed by atoms with Gasteiger partial charge in [-0.15, -0.1) is 0 Å². The summed E-state index contributed by atoms with van der Waals surface area (Å²) in [5.41, 5.74) is -0.639. The topological polar surface area (TPSA) is 66.5 Å². The van der Waals surface area contributed by atoms with Crippen LogP contribution in [0.2, 0.25) is 0 Å². The number of carbonyl (C=O) groups is 3. The standard InChI is InChI=1S/C9H12N2O3/c1-11-7(13)4-9(8(11)14)3-2-6(12)10-5-9/h2-5H2,1H3,(H,10,12). The summed E-state index contributed by atoms with van der Waals surface area (Å²) in [6.45, 7) is 0.306. The molecule has 2 fully saturated rings. The summed E-state index contributed by atoms with van der Waals surface area (Å²) in [4.78, 5) is 35.2. The number of amides is 3. The fourth-order valence-electron chi connectivity index (χ4n) is 2.08. The molecule has 0 saturated carbocycles. The van der Waals surface area contributed by atoms with E-state index in [2.05, 4.69) is 5.32 Å².